The molecular formula is C69H130O6. The van der Waals surface area contributed by atoms with Gasteiger partial charge in [0.2, 0.25) is 0 Å². The van der Waals surface area contributed by atoms with Gasteiger partial charge in [-0.3, -0.25) is 14.4 Å². The van der Waals surface area contributed by atoms with Gasteiger partial charge in [0.05, 0.1) is 0 Å². The van der Waals surface area contributed by atoms with Crippen LogP contribution in [0.3, 0.4) is 0 Å². The van der Waals surface area contributed by atoms with Crippen LogP contribution in [0.25, 0.3) is 0 Å². The summed E-state index contributed by atoms with van der Waals surface area (Å²) < 4.78 is 17.0. The van der Waals surface area contributed by atoms with E-state index in [9.17, 15) is 14.4 Å². The van der Waals surface area contributed by atoms with Crippen LogP contribution in [0, 0.1) is 0 Å². The van der Waals surface area contributed by atoms with Crippen LogP contribution >= 0.6 is 0 Å². The molecule has 75 heavy (non-hydrogen) atoms. The van der Waals surface area contributed by atoms with Gasteiger partial charge in [-0.15, -0.1) is 0 Å². The van der Waals surface area contributed by atoms with Crippen molar-refractivity contribution in [2.45, 2.75) is 386 Å². The van der Waals surface area contributed by atoms with Crippen LogP contribution in [0.5, 0.6) is 0 Å². The van der Waals surface area contributed by atoms with Crippen molar-refractivity contribution in [1.29, 1.82) is 0 Å². The molecule has 0 aromatic carbocycles. The molecule has 0 heterocycles. The Morgan fingerprint density at radius 2 is 0.480 bits per heavy atom. The molecule has 6 nitrogen and oxygen atoms in total. The zero-order valence-corrected chi connectivity index (χ0v) is 50.8. The first-order valence-corrected chi connectivity index (χ1v) is 33.8. The van der Waals surface area contributed by atoms with Gasteiger partial charge in [0.25, 0.3) is 0 Å². The number of unbranched alkanes of at least 4 members (excludes halogenated alkanes) is 48. The van der Waals surface area contributed by atoms with Gasteiger partial charge >= 0.3 is 17.9 Å². The molecule has 0 saturated carbocycles. The minimum absolute atomic E-state index is 0.0657. The molecule has 6 heteroatoms. The Bertz CT molecular complexity index is 1210. The highest BCUT2D eigenvalue weighted by molar-refractivity contribution is 5.71. The van der Waals surface area contributed by atoms with E-state index in [0.29, 0.717) is 19.3 Å². The summed E-state index contributed by atoms with van der Waals surface area (Å²) in [5.41, 5.74) is 0. The fourth-order valence-electron chi connectivity index (χ4n) is 10.4. The van der Waals surface area contributed by atoms with Gasteiger partial charge in [-0.2, -0.15) is 0 Å². The minimum Gasteiger partial charge on any atom is -0.462 e. The summed E-state index contributed by atoms with van der Waals surface area (Å²) in [6.07, 6.45) is 77.6. The molecule has 0 amide bonds. The predicted molar refractivity (Wildman–Crippen MR) is 326 cm³/mol. The second-order valence-corrected chi connectivity index (χ2v) is 23.1. The summed E-state index contributed by atoms with van der Waals surface area (Å²) in [5.74, 6) is -0.837. The maximum absolute atomic E-state index is 12.9. The van der Waals surface area contributed by atoms with E-state index in [2.05, 4.69) is 45.1 Å². The number of hydrogen-bond acceptors (Lipinski definition) is 6. The lowest BCUT2D eigenvalue weighted by molar-refractivity contribution is -0.167. The van der Waals surface area contributed by atoms with E-state index in [-0.39, 0.29) is 31.1 Å². The van der Waals surface area contributed by atoms with Gasteiger partial charge in [0.1, 0.15) is 13.2 Å². The molecule has 0 aliphatic carbocycles. The maximum atomic E-state index is 12.9. The van der Waals surface area contributed by atoms with E-state index < -0.39 is 6.10 Å². The molecule has 1 atom stereocenters. The van der Waals surface area contributed by atoms with E-state index in [1.54, 1.807) is 0 Å². The van der Waals surface area contributed by atoms with Gasteiger partial charge in [-0.1, -0.05) is 334 Å². The predicted octanol–water partition coefficient (Wildman–Crippen LogP) is 23.0. The molecule has 1 unspecified atom stereocenters. The monoisotopic (exact) mass is 1050 g/mol. The molecule has 0 aliphatic heterocycles. The van der Waals surface area contributed by atoms with E-state index in [0.717, 1.165) is 64.2 Å². The highest BCUT2D eigenvalue weighted by Crippen LogP contribution is 2.18. The number of carbonyl (C=O) groups is 3. The third kappa shape index (κ3) is 62.6. The number of ether oxygens (including phenoxy) is 3. The van der Waals surface area contributed by atoms with E-state index in [4.69, 9.17) is 14.2 Å². The van der Waals surface area contributed by atoms with E-state index >= 15 is 0 Å². The van der Waals surface area contributed by atoms with Gasteiger partial charge in [0, 0.05) is 19.3 Å². The molecule has 0 rings (SSSR count). The van der Waals surface area contributed by atoms with Crippen LogP contribution in [-0.2, 0) is 28.6 Å². The lowest BCUT2D eigenvalue weighted by Gasteiger charge is -2.18. The van der Waals surface area contributed by atoms with Gasteiger partial charge in [-0.25, -0.2) is 0 Å². The summed E-state index contributed by atoms with van der Waals surface area (Å²) in [6, 6.07) is 0. The number of rotatable bonds is 63. The van der Waals surface area contributed by atoms with Crippen molar-refractivity contribution in [1.82, 2.24) is 0 Å². The van der Waals surface area contributed by atoms with Gasteiger partial charge in [-0.05, 0) is 51.4 Å². The second-order valence-electron chi connectivity index (χ2n) is 23.1. The first-order valence-electron chi connectivity index (χ1n) is 33.8. The van der Waals surface area contributed by atoms with E-state index in [1.165, 1.54) is 276 Å². The number of allylic oxidation sites excluding steroid dienone is 4. The molecule has 442 valence electrons. The second kappa shape index (κ2) is 64.4. The van der Waals surface area contributed by atoms with Crippen molar-refractivity contribution in [3.8, 4) is 0 Å². The molecule has 0 bridgehead atoms. The fraction of sp³-hybridized carbons (Fsp3) is 0.899. The molecule has 0 aromatic heterocycles. The van der Waals surface area contributed by atoms with Gasteiger partial charge < -0.3 is 14.2 Å². The smallest absolute Gasteiger partial charge is 0.306 e. The quantitative estimate of drug-likeness (QED) is 0.0261. The molecular weight excluding hydrogens is 925 g/mol. The molecule has 0 radical (unpaired) electrons. The zero-order valence-electron chi connectivity index (χ0n) is 50.8. The summed E-state index contributed by atoms with van der Waals surface area (Å²) in [4.78, 5) is 38.4. The van der Waals surface area contributed by atoms with Crippen molar-refractivity contribution in [3.63, 3.8) is 0 Å². The average Bonchev–Trinajstić information content (AvgIpc) is 3.41. The van der Waals surface area contributed by atoms with Gasteiger partial charge in [0.15, 0.2) is 6.10 Å². The first-order chi connectivity index (χ1) is 37.0. The Morgan fingerprint density at radius 1 is 0.267 bits per heavy atom. The molecule has 0 saturated heterocycles. The van der Waals surface area contributed by atoms with Crippen LogP contribution in [-0.4, -0.2) is 37.2 Å². The highest BCUT2D eigenvalue weighted by Gasteiger charge is 2.19. The summed E-state index contributed by atoms with van der Waals surface area (Å²) in [6.45, 7) is 6.70. The van der Waals surface area contributed by atoms with Crippen molar-refractivity contribution in [3.05, 3.63) is 24.3 Å². The topological polar surface area (TPSA) is 78.9 Å². The Kier molecular flexibility index (Phi) is 62.6. The lowest BCUT2D eigenvalue weighted by Crippen LogP contribution is -2.30. The summed E-state index contributed by atoms with van der Waals surface area (Å²) >= 11 is 0. The molecule has 0 N–H and O–H groups in total. The Labute approximate surface area is 468 Å². The number of carbonyl (C=O) groups excluding carboxylic acids is 3. The average molecular weight is 1060 g/mol. The fourth-order valence-corrected chi connectivity index (χ4v) is 10.4. The van der Waals surface area contributed by atoms with Crippen LogP contribution < -0.4 is 0 Å². The summed E-state index contributed by atoms with van der Waals surface area (Å²) in [5, 5.41) is 0. The minimum atomic E-state index is -0.769. The largest absolute Gasteiger partial charge is 0.462 e. The highest BCUT2D eigenvalue weighted by atomic mass is 16.6. The first kappa shape index (κ1) is 72.9. The van der Waals surface area contributed by atoms with Crippen LogP contribution in [0.1, 0.15) is 380 Å². The van der Waals surface area contributed by atoms with Crippen molar-refractivity contribution in [2.75, 3.05) is 13.2 Å². The zero-order chi connectivity index (χ0) is 54.3. The SMILES string of the molecule is CCCCC/C=C\C/C=C\CCCCCCCCCCCC(=O)OCC(COC(=O)CCCCCCCCCCCCCCCCCCCCC)OC(=O)CCCCCCCCCCCCCCCCCCCCC. The normalized spacial score (nSPS) is 12.1. The molecule has 0 aromatic rings. The van der Waals surface area contributed by atoms with Crippen LogP contribution in [0.2, 0.25) is 0 Å². The van der Waals surface area contributed by atoms with Crippen LogP contribution in [0.15, 0.2) is 24.3 Å². The number of hydrogen-bond donors (Lipinski definition) is 0. The van der Waals surface area contributed by atoms with Crippen molar-refractivity contribution < 1.29 is 28.6 Å². The Balaban J connectivity index is 4.31. The third-order valence-corrected chi connectivity index (χ3v) is 15.5. The third-order valence-electron chi connectivity index (χ3n) is 15.5. The number of esters is 3. The lowest BCUT2D eigenvalue weighted by atomic mass is 10.0. The van der Waals surface area contributed by atoms with Crippen LogP contribution in [0.4, 0.5) is 0 Å². The maximum Gasteiger partial charge on any atom is 0.306 e. The van der Waals surface area contributed by atoms with Crippen molar-refractivity contribution in [2.24, 2.45) is 0 Å². The molecule has 0 aliphatic rings. The Hall–Kier alpha value is -2.11. The standard InChI is InChI=1S/C69H130O6/c1-4-7-10-13-16-19-22-25-28-31-34-37-40-43-46-49-52-55-58-61-67(70)73-64-66(75-69(72)63-60-57-54-51-48-45-42-39-36-33-30-27-24-21-18-15-12-9-6-3)65-74-68(71)62-59-56-53-50-47-44-41-38-35-32-29-26-23-20-17-14-11-8-5-2/h16,19,25,28,66H,4-15,17-18,20-24,26-27,29-65H2,1-3H3/b19-16-,28-25-. The molecule has 0 spiro atoms. The van der Waals surface area contributed by atoms with Crippen molar-refractivity contribution >= 4 is 17.9 Å². The van der Waals surface area contributed by atoms with E-state index in [1.807, 2.05) is 0 Å². The Morgan fingerprint density at radius 3 is 0.760 bits per heavy atom. The molecule has 0 fully saturated rings. The summed E-state index contributed by atoms with van der Waals surface area (Å²) in [7, 11) is 0.